The van der Waals surface area contributed by atoms with Crippen LogP contribution in [0.25, 0.3) is 0 Å². The number of fused-ring (bicyclic) bond motifs is 1. The summed E-state index contributed by atoms with van der Waals surface area (Å²) in [6.07, 6.45) is 2.31. The minimum atomic E-state index is 0.485. The lowest BCUT2D eigenvalue weighted by Gasteiger charge is -2.31. The Morgan fingerprint density at radius 3 is 2.60 bits per heavy atom. The van der Waals surface area contributed by atoms with Gasteiger partial charge in [0.05, 0.1) is 6.04 Å². The van der Waals surface area contributed by atoms with Crippen molar-refractivity contribution < 1.29 is 0 Å². The molecule has 1 atom stereocenters. The molecule has 0 fully saturated rings. The maximum atomic E-state index is 5.90. The van der Waals surface area contributed by atoms with E-state index in [1.807, 2.05) is 6.07 Å². The molecule has 2 aromatic rings. The summed E-state index contributed by atoms with van der Waals surface area (Å²) in [5.74, 6) is 0. The highest BCUT2D eigenvalue weighted by molar-refractivity contribution is 5.54. The fourth-order valence-electron chi connectivity index (χ4n) is 3.26. The molecular formula is C18H22N2. The maximum Gasteiger partial charge on any atom is 0.0548 e. The summed E-state index contributed by atoms with van der Waals surface area (Å²) < 4.78 is 0. The minimum Gasteiger partial charge on any atom is -0.399 e. The zero-order valence-corrected chi connectivity index (χ0v) is 12.3. The van der Waals surface area contributed by atoms with Gasteiger partial charge in [0.15, 0.2) is 0 Å². The van der Waals surface area contributed by atoms with Gasteiger partial charge in [-0.15, -0.1) is 0 Å². The predicted octanol–water partition coefficient (Wildman–Crippen LogP) is 4.09. The van der Waals surface area contributed by atoms with Crippen molar-refractivity contribution in [1.29, 1.82) is 0 Å². The van der Waals surface area contributed by atoms with Gasteiger partial charge in [-0.1, -0.05) is 23.8 Å². The molecule has 0 radical (unpaired) electrons. The number of nitrogens with zero attached hydrogens (tertiary/aromatic N) is 1. The first-order valence-corrected chi connectivity index (χ1v) is 7.40. The molecule has 0 heterocycles. The quantitative estimate of drug-likeness (QED) is 0.848. The topological polar surface area (TPSA) is 29.3 Å². The van der Waals surface area contributed by atoms with Crippen LogP contribution in [0.3, 0.4) is 0 Å². The van der Waals surface area contributed by atoms with Crippen molar-refractivity contribution in [2.45, 2.75) is 32.7 Å². The van der Waals surface area contributed by atoms with Crippen LogP contribution in [-0.4, -0.2) is 6.54 Å². The molecule has 1 unspecified atom stereocenters. The Morgan fingerprint density at radius 1 is 1.15 bits per heavy atom. The Bertz CT molecular complexity index is 601. The van der Waals surface area contributed by atoms with Crippen LogP contribution < -0.4 is 10.6 Å². The van der Waals surface area contributed by atoms with E-state index in [1.54, 1.807) is 0 Å². The maximum absolute atomic E-state index is 5.90. The highest BCUT2D eigenvalue weighted by Gasteiger charge is 2.27. The van der Waals surface area contributed by atoms with Gasteiger partial charge in [0.25, 0.3) is 0 Å². The summed E-state index contributed by atoms with van der Waals surface area (Å²) in [4.78, 5) is 2.50. The average Bonchev–Trinajstić information content (AvgIpc) is 2.85. The van der Waals surface area contributed by atoms with Crippen molar-refractivity contribution in [2.24, 2.45) is 0 Å². The largest absolute Gasteiger partial charge is 0.399 e. The van der Waals surface area contributed by atoms with Crippen LogP contribution in [0, 0.1) is 6.92 Å². The van der Waals surface area contributed by atoms with Crippen LogP contribution in [0.2, 0.25) is 0 Å². The Kier molecular flexibility index (Phi) is 3.39. The van der Waals surface area contributed by atoms with Crippen LogP contribution in [0.4, 0.5) is 11.4 Å². The van der Waals surface area contributed by atoms with Gasteiger partial charge in [-0.2, -0.15) is 0 Å². The molecule has 104 valence electrons. The number of rotatable bonds is 3. The molecule has 0 saturated carbocycles. The molecule has 3 rings (SSSR count). The van der Waals surface area contributed by atoms with Gasteiger partial charge in [0.2, 0.25) is 0 Å². The Balaban J connectivity index is 1.94. The number of benzene rings is 2. The number of hydrogen-bond acceptors (Lipinski definition) is 2. The van der Waals surface area contributed by atoms with E-state index in [-0.39, 0.29) is 0 Å². The van der Waals surface area contributed by atoms with E-state index in [2.05, 4.69) is 55.1 Å². The van der Waals surface area contributed by atoms with Crippen molar-refractivity contribution in [2.75, 3.05) is 17.2 Å². The van der Waals surface area contributed by atoms with Crippen molar-refractivity contribution in [3.8, 4) is 0 Å². The van der Waals surface area contributed by atoms with Gasteiger partial charge in [0, 0.05) is 17.9 Å². The summed E-state index contributed by atoms with van der Waals surface area (Å²) in [5.41, 5.74) is 12.3. The zero-order valence-electron chi connectivity index (χ0n) is 12.3. The molecule has 0 bridgehead atoms. The van der Waals surface area contributed by atoms with Crippen LogP contribution >= 0.6 is 0 Å². The van der Waals surface area contributed by atoms with E-state index >= 15 is 0 Å². The van der Waals surface area contributed by atoms with Crippen LogP contribution in [0.1, 0.15) is 36.1 Å². The summed E-state index contributed by atoms with van der Waals surface area (Å²) in [6, 6.07) is 15.7. The van der Waals surface area contributed by atoms with Gasteiger partial charge < -0.3 is 10.6 Å². The first-order valence-electron chi connectivity index (χ1n) is 7.40. The van der Waals surface area contributed by atoms with Gasteiger partial charge >= 0.3 is 0 Å². The lowest BCUT2D eigenvalue weighted by Crippen LogP contribution is -2.26. The van der Waals surface area contributed by atoms with Crippen molar-refractivity contribution in [3.63, 3.8) is 0 Å². The predicted molar refractivity (Wildman–Crippen MR) is 86.1 cm³/mol. The summed E-state index contributed by atoms with van der Waals surface area (Å²) in [5, 5.41) is 0. The lowest BCUT2D eigenvalue weighted by molar-refractivity contribution is 0.628. The number of nitrogen functional groups attached to an aromatic ring is 1. The van der Waals surface area contributed by atoms with Crippen molar-refractivity contribution in [3.05, 3.63) is 59.2 Å². The molecule has 20 heavy (non-hydrogen) atoms. The molecule has 2 heteroatoms. The molecule has 1 aliphatic carbocycles. The number of aryl methyl sites for hydroxylation is 2. The van der Waals surface area contributed by atoms with Gasteiger partial charge in [-0.05, 0) is 62.1 Å². The minimum absolute atomic E-state index is 0.485. The zero-order chi connectivity index (χ0) is 14.1. The Labute approximate surface area is 121 Å². The number of hydrogen-bond donors (Lipinski definition) is 1. The highest BCUT2D eigenvalue weighted by Crippen LogP contribution is 2.38. The molecule has 1 aliphatic rings. The van der Waals surface area contributed by atoms with Crippen molar-refractivity contribution >= 4 is 11.4 Å². The normalized spacial score (nSPS) is 17.0. The van der Waals surface area contributed by atoms with Crippen molar-refractivity contribution in [1.82, 2.24) is 0 Å². The Hall–Kier alpha value is -1.96. The van der Waals surface area contributed by atoms with E-state index in [9.17, 15) is 0 Å². The molecule has 0 amide bonds. The van der Waals surface area contributed by atoms with Crippen LogP contribution in [0.5, 0.6) is 0 Å². The van der Waals surface area contributed by atoms with E-state index in [0.717, 1.165) is 18.7 Å². The van der Waals surface area contributed by atoms with E-state index < -0.39 is 0 Å². The third kappa shape index (κ3) is 2.26. The second-order valence-electron chi connectivity index (χ2n) is 5.63. The molecular weight excluding hydrogens is 244 g/mol. The first-order chi connectivity index (χ1) is 9.69. The smallest absolute Gasteiger partial charge is 0.0548 e. The van der Waals surface area contributed by atoms with Crippen LogP contribution in [0.15, 0.2) is 42.5 Å². The SMILES string of the molecule is CCN(c1ccc(C)cc1)C1CCc2cc(N)ccc21. The second-order valence-corrected chi connectivity index (χ2v) is 5.63. The number of anilines is 2. The second kappa shape index (κ2) is 5.20. The van der Waals surface area contributed by atoms with E-state index in [1.165, 1.54) is 28.8 Å². The first kappa shape index (κ1) is 13.0. The standard InChI is InChI=1S/C18H22N2/c1-3-20(16-8-4-13(2)5-9-16)18-11-6-14-12-15(19)7-10-17(14)18/h4-5,7-10,12,18H,3,6,11,19H2,1-2H3. The molecule has 0 saturated heterocycles. The Morgan fingerprint density at radius 2 is 1.90 bits per heavy atom. The van der Waals surface area contributed by atoms with E-state index in [4.69, 9.17) is 5.73 Å². The molecule has 2 aromatic carbocycles. The summed E-state index contributed by atoms with van der Waals surface area (Å²) >= 11 is 0. The highest BCUT2D eigenvalue weighted by atomic mass is 15.2. The molecule has 0 aromatic heterocycles. The van der Waals surface area contributed by atoms with Crippen LogP contribution in [-0.2, 0) is 6.42 Å². The fourth-order valence-corrected chi connectivity index (χ4v) is 3.26. The summed E-state index contributed by atoms with van der Waals surface area (Å²) in [7, 11) is 0. The van der Waals surface area contributed by atoms with Gasteiger partial charge in [0.1, 0.15) is 0 Å². The lowest BCUT2D eigenvalue weighted by atomic mass is 10.1. The van der Waals surface area contributed by atoms with Gasteiger partial charge in [-0.3, -0.25) is 0 Å². The third-order valence-electron chi connectivity index (χ3n) is 4.30. The summed E-state index contributed by atoms with van der Waals surface area (Å²) in [6.45, 7) is 5.39. The average molecular weight is 266 g/mol. The number of nitrogens with two attached hydrogens (primary N) is 1. The molecule has 0 aliphatic heterocycles. The monoisotopic (exact) mass is 266 g/mol. The van der Waals surface area contributed by atoms with E-state index in [0.29, 0.717) is 6.04 Å². The molecule has 0 spiro atoms. The molecule has 2 nitrogen and oxygen atoms in total. The molecule has 2 N–H and O–H groups in total. The fraction of sp³-hybridized carbons (Fsp3) is 0.333. The third-order valence-corrected chi connectivity index (χ3v) is 4.30. The van der Waals surface area contributed by atoms with Gasteiger partial charge in [-0.25, -0.2) is 0 Å².